The molecule has 1 aromatic carbocycles. The van der Waals surface area contributed by atoms with Gasteiger partial charge in [0.15, 0.2) is 6.29 Å². The van der Waals surface area contributed by atoms with E-state index in [1.54, 1.807) is 25.2 Å². The van der Waals surface area contributed by atoms with Crippen LogP contribution >= 0.6 is 0 Å². The zero-order valence-corrected chi connectivity index (χ0v) is 8.14. The first kappa shape index (κ1) is 9.58. The Morgan fingerprint density at radius 1 is 1.33 bits per heavy atom. The van der Waals surface area contributed by atoms with Crippen molar-refractivity contribution in [3.63, 3.8) is 0 Å². The number of carbonyl (C=O) groups is 1. The van der Waals surface area contributed by atoms with Gasteiger partial charge in [-0.25, -0.2) is 4.39 Å². The zero-order valence-electron chi connectivity index (χ0n) is 8.14. The Labute approximate surface area is 86.2 Å². The van der Waals surface area contributed by atoms with Gasteiger partial charge in [0.1, 0.15) is 11.5 Å². The monoisotopic (exact) mass is 204 g/mol. The lowest BCUT2D eigenvalue weighted by Crippen LogP contribution is -1.97. The molecule has 76 valence electrons. The molecule has 0 amide bonds. The normalized spacial score (nSPS) is 10.3. The third kappa shape index (κ3) is 1.54. The van der Waals surface area contributed by atoms with Crippen molar-refractivity contribution in [1.82, 2.24) is 9.78 Å². The van der Waals surface area contributed by atoms with E-state index in [4.69, 9.17) is 0 Å². The fourth-order valence-corrected chi connectivity index (χ4v) is 1.47. The highest BCUT2D eigenvalue weighted by molar-refractivity contribution is 5.85. The van der Waals surface area contributed by atoms with Crippen LogP contribution in [0.15, 0.2) is 30.5 Å². The maximum absolute atomic E-state index is 13.4. The van der Waals surface area contributed by atoms with Crippen LogP contribution in [0.5, 0.6) is 0 Å². The maximum Gasteiger partial charge on any atom is 0.168 e. The number of benzene rings is 1. The maximum atomic E-state index is 13.4. The van der Waals surface area contributed by atoms with Gasteiger partial charge in [0.05, 0.1) is 6.20 Å². The summed E-state index contributed by atoms with van der Waals surface area (Å²) in [6.45, 7) is 0. The van der Waals surface area contributed by atoms with Crippen molar-refractivity contribution < 1.29 is 9.18 Å². The number of aldehydes is 1. The van der Waals surface area contributed by atoms with Gasteiger partial charge in [-0.15, -0.1) is 0 Å². The molecule has 15 heavy (non-hydrogen) atoms. The fourth-order valence-electron chi connectivity index (χ4n) is 1.47. The molecule has 0 fully saturated rings. The minimum absolute atomic E-state index is 0.353. The van der Waals surface area contributed by atoms with Gasteiger partial charge in [0, 0.05) is 18.2 Å². The van der Waals surface area contributed by atoms with Gasteiger partial charge in [-0.05, 0) is 6.07 Å². The topological polar surface area (TPSA) is 34.9 Å². The molecule has 0 radical (unpaired) electrons. The van der Waals surface area contributed by atoms with E-state index in [0.29, 0.717) is 23.1 Å². The first-order valence-corrected chi connectivity index (χ1v) is 4.46. The van der Waals surface area contributed by atoms with Crippen molar-refractivity contribution in [2.24, 2.45) is 7.05 Å². The summed E-state index contributed by atoms with van der Waals surface area (Å²) < 4.78 is 14.9. The van der Waals surface area contributed by atoms with Gasteiger partial charge in [-0.1, -0.05) is 18.2 Å². The van der Waals surface area contributed by atoms with Gasteiger partial charge in [0.2, 0.25) is 0 Å². The largest absolute Gasteiger partial charge is 0.296 e. The molecule has 0 aliphatic rings. The minimum atomic E-state index is -0.353. The average Bonchev–Trinajstić information content (AvgIpc) is 2.60. The molecule has 2 aromatic rings. The predicted octanol–water partition coefficient (Wildman–Crippen LogP) is 2.04. The Kier molecular flexibility index (Phi) is 2.33. The van der Waals surface area contributed by atoms with Crippen molar-refractivity contribution in [1.29, 1.82) is 0 Å². The van der Waals surface area contributed by atoms with Crippen LogP contribution in [0.4, 0.5) is 4.39 Å². The summed E-state index contributed by atoms with van der Waals surface area (Å²) in [5, 5.41) is 3.92. The zero-order chi connectivity index (χ0) is 10.8. The molecule has 0 unspecified atom stereocenters. The van der Waals surface area contributed by atoms with Crippen LogP contribution in [-0.2, 0) is 7.05 Å². The van der Waals surface area contributed by atoms with Crippen molar-refractivity contribution >= 4 is 6.29 Å². The molecule has 4 heteroatoms. The molecule has 0 atom stereocenters. The molecule has 1 heterocycles. The number of carbonyl (C=O) groups excluding carboxylic acids is 1. The summed E-state index contributed by atoms with van der Waals surface area (Å²) in [5.41, 5.74) is 1.29. The lowest BCUT2D eigenvalue weighted by atomic mass is 10.1. The van der Waals surface area contributed by atoms with Crippen molar-refractivity contribution in [2.45, 2.75) is 0 Å². The molecule has 0 saturated heterocycles. The Morgan fingerprint density at radius 3 is 2.73 bits per heavy atom. The molecule has 0 saturated carbocycles. The Balaban J connectivity index is 2.64. The van der Waals surface area contributed by atoms with Crippen molar-refractivity contribution in [3.05, 3.63) is 42.0 Å². The fraction of sp³-hybridized carbons (Fsp3) is 0.0909. The van der Waals surface area contributed by atoms with Gasteiger partial charge in [-0.3, -0.25) is 9.48 Å². The van der Waals surface area contributed by atoms with Crippen LogP contribution in [0.1, 0.15) is 10.5 Å². The van der Waals surface area contributed by atoms with E-state index >= 15 is 0 Å². The van der Waals surface area contributed by atoms with E-state index in [9.17, 15) is 9.18 Å². The Hall–Kier alpha value is -1.97. The summed E-state index contributed by atoms with van der Waals surface area (Å²) in [5.74, 6) is -0.353. The van der Waals surface area contributed by atoms with Crippen molar-refractivity contribution in [3.8, 4) is 11.1 Å². The number of aryl methyl sites for hydroxylation is 1. The molecule has 0 aliphatic heterocycles. The highest BCUT2D eigenvalue weighted by Gasteiger charge is 2.12. The predicted molar refractivity (Wildman–Crippen MR) is 54.0 cm³/mol. The van der Waals surface area contributed by atoms with Crippen LogP contribution in [0.2, 0.25) is 0 Å². The third-order valence-electron chi connectivity index (χ3n) is 2.26. The summed E-state index contributed by atoms with van der Waals surface area (Å²) >= 11 is 0. The van der Waals surface area contributed by atoms with Crippen LogP contribution in [0.25, 0.3) is 11.1 Å². The van der Waals surface area contributed by atoms with Gasteiger partial charge < -0.3 is 0 Å². The number of hydrogen-bond donors (Lipinski definition) is 0. The molecule has 1 aromatic heterocycles. The third-order valence-corrected chi connectivity index (χ3v) is 2.26. The SMILES string of the molecule is Cn1ncc(-c2ccccc2F)c1C=O. The second-order valence-corrected chi connectivity index (χ2v) is 3.16. The van der Waals surface area contributed by atoms with Gasteiger partial charge in [0.25, 0.3) is 0 Å². The highest BCUT2D eigenvalue weighted by Crippen LogP contribution is 2.24. The standard InChI is InChI=1S/C11H9FN2O/c1-14-11(7-15)9(6-13-14)8-4-2-3-5-10(8)12/h2-7H,1H3. The van der Waals surface area contributed by atoms with E-state index in [1.807, 2.05) is 0 Å². The first-order valence-electron chi connectivity index (χ1n) is 4.46. The number of rotatable bonds is 2. The smallest absolute Gasteiger partial charge is 0.168 e. The summed E-state index contributed by atoms with van der Waals surface area (Å²) in [7, 11) is 1.65. The second-order valence-electron chi connectivity index (χ2n) is 3.16. The number of hydrogen-bond acceptors (Lipinski definition) is 2. The van der Waals surface area contributed by atoms with Crippen LogP contribution < -0.4 is 0 Å². The molecule has 0 bridgehead atoms. The molecule has 0 spiro atoms. The number of aromatic nitrogens is 2. The molecular formula is C11H9FN2O. The van der Waals surface area contributed by atoms with E-state index in [0.717, 1.165) is 0 Å². The highest BCUT2D eigenvalue weighted by atomic mass is 19.1. The molecule has 2 rings (SSSR count). The quantitative estimate of drug-likeness (QED) is 0.701. The lowest BCUT2D eigenvalue weighted by Gasteiger charge is -2.00. The summed E-state index contributed by atoms with van der Waals surface area (Å²) in [6.07, 6.45) is 2.16. The molecule has 3 nitrogen and oxygen atoms in total. The van der Waals surface area contributed by atoms with Gasteiger partial charge in [-0.2, -0.15) is 5.10 Å². The Bertz CT molecular complexity index is 505. The van der Waals surface area contributed by atoms with Crippen LogP contribution in [0, 0.1) is 5.82 Å². The van der Waals surface area contributed by atoms with Gasteiger partial charge >= 0.3 is 0 Å². The number of nitrogens with zero attached hydrogens (tertiary/aromatic N) is 2. The molecule has 0 N–H and O–H groups in total. The average molecular weight is 204 g/mol. The van der Waals surface area contributed by atoms with E-state index in [1.165, 1.54) is 16.9 Å². The first-order chi connectivity index (χ1) is 7.24. The van der Waals surface area contributed by atoms with E-state index < -0.39 is 0 Å². The van der Waals surface area contributed by atoms with Crippen LogP contribution in [-0.4, -0.2) is 16.1 Å². The van der Waals surface area contributed by atoms with E-state index in [2.05, 4.69) is 5.10 Å². The second kappa shape index (κ2) is 3.65. The Morgan fingerprint density at radius 2 is 2.07 bits per heavy atom. The summed E-state index contributed by atoms with van der Waals surface area (Å²) in [6, 6.07) is 6.31. The lowest BCUT2D eigenvalue weighted by molar-refractivity contribution is 0.111. The molecule has 0 aliphatic carbocycles. The molecular weight excluding hydrogens is 195 g/mol. The summed E-state index contributed by atoms with van der Waals surface area (Å²) in [4.78, 5) is 10.8. The minimum Gasteiger partial charge on any atom is -0.296 e. The van der Waals surface area contributed by atoms with Crippen LogP contribution in [0.3, 0.4) is 0 Å². The van der Waals surface area contributed by atoms with Crippen molar-refractivity contribution in [2.75, 3.05) is 0 Å². The van der Waals surface area contributed by atoms with E-state index in [-0.39, 0.29) is 5.82 Å². The number of halogens is 1.